The summed E-state index contributed by atoms with van der Waals surface area (Å²) in [5.41, 5.74) is 2.08. The number of non-ortho nitro benzene ring substituents is 1. The van der Waals surface area contributed by atoms with Gasteiger partial charge in [-0.2, -0.15) is 0 Å². The summed E-state index contributed by atoms with van der Waals surface area (Å²) in [4.78, 5) is 30.7. The number of nitro benzene ring substituents is 1. The summed E-state index contributed by atoms with van der Waals surface area (Å²) in [5, 5.41) is 17.5. The zero-order valence-electron chi connectivity index (χ0n) is 15.5. The lowest BCUT2D eigenvalue weighted by Gasteiger charge is -2.25. The van der Waals surface area contributed by atoms with Gasteiger partial charge in [0.2, 0.25) is 0 Å². The maximum atomic E-state index is 12.2. The Morgan fingerprint density at radius 1 is 1.36 bits per heavy atom. The molecule has 2 N–H and O–H groups in total. The van der Waals surface area contributed by atoms with Gasteiger partial charge in [0.25, 0.3) is 5.69 Å². The van der Waals surface area contributed by atoms with Crippen LogP contribution in [0.4, 0.5) is 15.6 Å². The van der Waals surface area contributed by atoms with Gasteiger partial charge < -0.3 is 5.32 Å². The first-order valence-electron chi connectivity index (χ1n) is 9.58. The molecule has 1 aromatic heterocycles. The van der Waals surface area contributed by atoms with Crippen LogP contribution >= 0.6 is 11.3 Å². The van der Waals surface area contributed by atoms with Gasteiger partial charge in [0.15, 0.2) is 5.13 Å². The smallest absolute Gasteiger partial charge is 0.321 e. The van der Waals surface area contributed by atoms with Crippen molar-refractivity contribution >= 4 is 28.2 Å². The Morgan fingerprint density at radius 2 is 2.18 bits per heavy atom. The van der Waals surface area contributed by atoms with Crippen molar-refractivity contribution in [3.05, 3.63) is 50.5 Å². The molecule has 0 spiro atoms. The van der Waals surface area contributed by atoms with Crippen LogP contribution in [0.3, 0.4) is 0 Å². The van der Waals surface area contributed by atoms with E-state index in [1.807, 2.05) is 6.07 Å². The van der Waals surface area contributed by atoms with Crippen molar-refractivity contribution in [2.24, 2.45) is 0 Å². The van der Waals surface area contributed by atoms with Crippen LogP contribution in [0.15, 0.2) is 24.3 Å². The molecule has 28 heavy (non-hydrogen) atoms. The highest BCUT2D eigenvalue weighted by molar-refractivity contribution is 7.15. The SMILES string of the molecule is O=C(Nc1nc2c(s1)CN(Cc1cccc([N+](=O)[O-])c1)CC2)NC1CCCC1. The van der Waals surface area contributed by atoms with Crippen LogP contribution in [0.2, 0.25) is 0 Å². The Balaban J connectivity index is 1.35. The lowest BCUT2D eigenvalue weighted by molar-refractivity contribution is -0.384. The molecule has 0 atom stereocenters. The normalized spacial score (nSPS) is 17.3. The predicted molar refractivity (Wildman–Crippen MR) is 107 cm³/mol. The fraction of sp³-hybridized carbons (Fsp3) is 0.474. The third-order valence-electron chi connectivity index (χ3n) is 5.25. The molecule has 2 amide bonds. The molecule has 1 aliphatic heterocycles. The number of aromatic nitrogens is 1. The Kier molecular flexibility index (Phi) is 5.54. The molecule has 2 heterocycles. The molecule has 1 fully saturated rings. The number of nitrogens with one attached hydrogen (secondary N) is 2. The number of amides is 2. The minimum Gasteiger partial charge on any atom is -0.335 e. The van der Waals surface area contributed by atoms with Crippen LogP contribution in [-0.4, -0.2) is 33.4 Å². The number of carbonyl (C=O) groups excluding carboxylic acids is 1. The molecule has 8 nitrogen and oxygen atoms in total. The second kappa shape index (κ2) is 8.24. The largest absolute Gasteiger partial charge is 0.335 e. The minimum absolute atomic E-state index is 0.118. The van der Waals surface area contributed by atoms with Crippen LogP contribution in [0, 0.1) is 10.1 Å². The average Bonchev–Trinajstić information content (AvgIpc) is 3.30. The molecule has 0 saturated heterocycles. The average molecular weight is 401 g/mol. The van der Waals surface area contributed by atoms with E-state index in [-0.39, 0.29) is 22.7 Å². The van der Waals surface area contributed by atoms with Crippen molar-refractivity contribution in [1.29, 1.82) is 0 Å². The highest BCUT2D eigenvalue weighted by atomic mass is 32.1. The molecule has 1 saturated carbocycles. The lowest BCUT2D eigenvalue weighted by Crippen LogP contribution is -2.36. The van der Waals surface area contributed by atoms with Crippen LogP contribution in [0.5, 0.6) is 0 Å². The molecule has 2 aromatic rings. The summed E-state index contributed by atoms with van der Waals surface area (Å²) in [6.07, 6.45) is 5.27. The van der Waals surface area contributed by atoms with E-state index in [4.69, 9.17) is 0 Å². The van der Waals surface area contributed by atoms with Crippen LogP contribution < -0.4 is 10.6 Å². The lowest BCUT2D eigenvalue weighted by atomic mass is 10.1. The molecule has 0 bridgehead atoms. The predicted octanol–water partition coefficient (Wildman–Crippen LogP) is 3.67. The van der Waals surface area contributed by atoms with Gasteiger partial charge in [-0.25, -0.2) is 9.78 Å². The van der Waals surface area contributed by atoms with E-state index in [2.05, 4.69) is 20.5 Å². The zero-order chi connectivity index (χ0) is 19.5. The Hall–Kier alpha value is -2.52. The van der Waals surface area contributed by atoms with Crippen molar-refractivity contribution in [2.75, 3.05) is 11.9 Å². The molecule has 148 valence electrons. The maximum Gasteiger partial charge on any atom is 0.321 e. The van der Waals surface area contributed by atoms with Gasteiger partial charge in [-0.05, 0) is 18.4 Å². The highest BCUT2D eigenvalue weighted by Crippen LogP contribution is 2.29. The van der Waals surface area contributed by atoms with Crippen LogP contribution in [0.1, 0.15) is 41.8 Å². The van der Waals surface area contributed by atoms with Gasteiger partial charge in [-0.3, -0.25) is 20.3 Å². The first-order valence-corrected chi connectivity index (χ1v) is 10.4. The van der Waals surface area contributed by atoms with Gasteiger partial charge >= 0.3 is 6.03 Å². The molecular weight excluding hydrogens is 378 g/mol. The van der Waals surface area contributed by atoms with Gasteiger partial charge in [-0.15, -0.1) is 11.3 Å². The van der Waals surface area contributed by atoms with E-state index in [0.717, 1.165) is 48.5 Å². The number of benzene rings is 1. The molecule has 9 heteroatoms. The Morgan fingerprint density at radius 3 is 2.96 bits per heavy atom. The summed E-state index contributed by atoms with van der Waals surface area (Å²) in [6.45, 7) is 2.23. The van der Waals surface area contributed by atoms with Crippen molar-refractivity contribution in [3.8, 4) is 0 Å². The number of hydrogen-bond acceptors (Lipinski definition) is 6. The van der Waals surface area contributed by atoms with E-state index < -0.39 is 0 Å². The number of hydrogen-bond donors (Lipinski definition) is 2. The van der Waals surface area contributed by atoms with E-state index in [1.54, 1.807) is 12.1 Å². The summed E-state index contributed by atoms with van der Waals surface area (Å²) in [6, 6.07) is 6.88. The van der Waals surface area contributed by atoms with E-state index in [9.17, 15) is 14.9 Å². The number of rotatable bonds is 5. The van der Waals surface area contributed by atoms with Gasteiger partial charge in [0.1, 0.15) is 0 Å². The highest BCUT2D eigenvalue weighted by Gasteiger charge is 2.23. The second-order valence-electron chi connectivity index (χ2n) is 7.36. The molecule has 0 unspecified atom stereocenters. The van der Waals surface area contributed by atoms with Crippen LogP contribution in [-0.2, 0) is 19.5 Å². The van der Waals surface area contributed by atoms with Gasteiger partial charge in [-0.1, -0.05) is 25.0 Å². The summed E-state index contributed by atoms with van der Waals surface area (Å²) in [7, 11) is 0. The molecule has 4 rings (SSSR count). The summed E-state index contributed by atoms with van der Waals surface area (Å²) >= 11 is 1.51. The van der Waals surface area contributed by atoms with Crippen molar-refractivity contribution in [3.63, 3.8) is 0 Å². The Labute approximate surface area is 167 Å². The number of anilines is 1. The third kappa shape index (κ3) is 4.48. The third-order valence-corrected chi connectivity index (χ3v) is 6.25. The topological polar surface area (TPSA) is 100 Å². The monoisotopic (exact) mass is 401 g/mol. The zero-order valence-corrected chi connectivity index (χ0v) is 16.3. The number of nitro groups is 1. The van der Waals surface area contributed by atoms with E-state index in [0.29, 0.717) is 11.7 Å². The summed E-state index contributed by atoms with van der Waals surface area (Å²) < 4.78 is 0. The minimum atomic E-state index is -0.366. The standard InChI is InChI=1S/C19H23N5O3S/c25-18(20-14-5-1-2-6-14)22-19-21-16-8-9-23(12-17(16)28-19)11-13-4-3-7-15(10-13)24(26)27/h3-4,7,10,14H,1-2,5-6,8-9,11-12H2,(H2,20,21,22,25). The number of thiazole rings is 1. The van der Waals surface area contributed by atoms with Crippen molar-refractivity contribution < 1.29 is 9.72 Å². The second-order valence-corrected chi connectivity index (χ2v) is 8.44. The fourth-order valence-electron chi connectivity index (χ4n) is 3.85. The van der Waals surface area contributed by atoms with Crippen molar-refractivity contribution in [1.82, 2.24) is 15.2 Å². The summed E-state index contributed by atoms with van der Waals surface area (Å²) in [5.74, 6) is 0. The van der Waals surface area contributed by atoms with Gasteiger partial charge in [0, 0.05) is 49.1 Å². The van der Waals surface area contributed by atoms with E-state index in [1.165, 1.54) is 30.2 Å². The van der Waals surface area contributed by atoms with Crippen molar-refractivity contribution in [2.45, 2.75) is 51.2 Å². The molecule has 2 aliphatic rings. The molecule has 1 aliphatic carbocycles. The number of nitrogens with zero attached hydrogens (tertiary/aromatic N) is 3. The Bertz CT molecular complexity index is 878. The fourth-order valence-corrected chi connectivity index (χ4v) is 4.90. The quantitative estimate of drug-likeness (QED) is 0.588. The van der Waals surface area contributed by atoms with Gasteiger partial charge in [0.05, 0.1) is 10.6 Å². The molecular formula is C19H23N5O3S. The number of carbonyl (C=O) groups is 1. The maximum absolute atomic E-state index is 12.2. The molecule has 1 aromatic carbocycles. The first kappa shape index (κ1) is 18.8. The number of urea groups is 1. The number of fused-ring (bicyclic) bond motifs is 1. The van der Waals surface area contributed by atoms with Crippen LogP contribution in [0.25, 0.3) is 0 Å². The molecule has 0 radical (unpaired) electrons. The first-order chi connectivity index (χ1) is 13.6. The van der Waals surface area contributed by atoms with E-state index >= 15 is 0 Å².